The number of fused-ring (bicyclic) bond motifs is 1. The highest BCUT2D eigenvalue weighted by Gasteiger charge is 2.11. The van der Waals surface area contributed by atoms with E-state index in [9.17, 15) is 4.79 Å². The van der Waals surface area contributed by atoms with E-state index in [0.717, 1.165) is 36.0 Å². The lowest BCUT2D eigenvalue weighted by molar-refractivity contribution is 0.0953. The first-order chi connectivity index (χ1) is 9.74. The molecule has 0 bridgehead atoms. The molecule has 0 saturated carbocycles. The molecule has 4 nitrogen and oxygen atoms in total. The molecule has 4 heteroatoms. The first kappa shape index (κ1) is 14.5. The number of carbonyl (C=O) groups excluding carboxylic acids is 1. The van der Waals surface area contributed by atoms with E-state index >= 15 is 0 Å². The van der Waals surface area contributed by atoms with Gasteiger partial charge >= 0.3 is 0 Å². The molecule has 20 heavy (non-hydrogen) atoms. The molecule has 2 rings (SSSR count). The molecule has 0 atom stereocenters. The zero-order valence-corrected chi connectivity index (χ0v) is 12.1. The van der Waals surface area contributed by atoms with Crippen molar-refractivity contribution in [2.75, 3.05) is 19.6 Å². The minimum absolute atomic E-state index is 0.0564. The zero-order chi connectivity index (χ0) is 14.4. The monoisotopic (exact) mass is 271 g/mol. The molecule has 0 aliphatic heterocycles. The van der Waals surface area contributed by atoms with Gasteiger partial charge in [-0.25, -0.2) is 0 Å². The molecule has 0 aliphatic carbocycles. The van der Waals surface area contributed by atoms with Crippen molar-refractivity contribution in [1.29, 1.82) is 0 Å². The van der Waals surface area contributed by atoms with Gasteiger partial charge in [0.25, 0.3) is 5.91 Å². The summed E-state index contributed by atoms with van der Waals surface area (Å²) in [4.78, 5) is 16.5. The molecule has 1 heterocycles. The summed E-state index contributed by atoms with van der Waals surface area (Å²) in [7, 11) is 0. The summed E-state index contributed by atoms with van der Waals surface area (Å²) >= 11 is 0. The number of aryl methyl sites for hydroxylation is 1. The van der Waals surface area contributed by atoms with Crippen molar-refractivity contribution < 1.29 is 4.79 Å². The predicted molar refractivity (Wildman–Crippen MR) is 82.0 cm³/mol. The molecular formula is C16H21N3O. The van der Waals surface area contributed by atoms with E-state index in [0.29, 0.717) is 12.1 Å². The molecule has 2 N–H and O–H groups in total. The fourth-order valence-electron chi connectivity index (χ4n) is 2.17. The van der Waals surface area contributed by atoms with Crippen LogP contribution in [0.4, 0.5) is 0 Å². The molecule has 2 aromatic rings. The van der Waals surface area contributed by atoms with Crippen molar-refractivity contribution in [3.05, 3.63) is 41.6 Å². The number of carbonyl (C=O) groups is 1. The van der Waals surface area contributed by atoms with Gasteiger partial charge in [-0.15, -0.1) is 0 Å². The highest BCUT2D eigenvalue weighted by molar-refractivity contribution is 5.99. The Labute approximate surface area is 119 Å². The van der Waals surface area contributed by atoms with Crippen LogP contribution in [0.25, 0.3) is 10.9 Å². The first-order valence-electron chi connectivity index (χ1n) is 7.07. The van der Waals surface area contributed by atoms with Gasteiger partial charge in [-0.3, -0.25) is 9.78 Å². The third-order valence-electron chi connectivity index (χ3n) is 3.30. The molecule has 1 aromatic heterocycles. The molecule has 1 amide bonds. The molecule has 0 spiro atoms. The van der Waals surface area contributed by atoms with Gasteiger partial charge in [0.15, 0.2) is 0 Å². The SMILES string of the molecule is CCCNCCNC(=O)c1cnc2ccccc2c1C. The van der Waals surface area contributed by atoms with E-state index in [4.69, 9.17) is 0 Å². The maximum Gasteiger partial charge on any atom is 0.253 e. The third-order valence-corrected chi connectivity index (χ3v) is 3.30. The van der Waals surface area contributed by atoms with Crippen LogP contribution in [0, 0.1) is 6.92 Å². The van der Waals surface area contributed by atoms with E-state index in [1.54, 1.807) is 6.20 Å². The Balaban J connectivity index is 2.05. The Bertz CT molecular complexity index is 595. The van der Waals surface area contributed by atoms with Crippen molar-refractivity contribution in [2.24, 2.45) is 0 Å². The van der Waals surface area contributed by atoms with Gasteiger partial charge in [0.2, 0.25) is 0 Å². The standard InChI is InChI=1S/C16H21N3O/c1-3-8-17-9-10-18-16(20)14-11-19-15-7-5-4-6-13(15)12(14)2/h4-7,11,17H,3,8-10H2,1-2H3,(H,18,20). The Kier molecular flexibility index (Phi) is 5.07. The minimum atomic E-state index is -0.0564. The minimum Gasteiger partial charge on any atom is -0.351 e. The largest absolute Gasteiger partial charge is 0.351 e. The van der Waals surface area contributed by atoms with Crippen LogP contribution in [0.1, 0.15) is 29.3 Å². The highest BCUT2D eigenvalue weighted by atomic mass is 16.1. The van der Waals surface area contributed by atoms with Crippen molar-refractivity contribution in [3.63, 3.8) is 0 Å². The maximum atomic E-state index is 12.2. The summed E-state index contributed by atoms with van der Waals surface area (Å²) in [6.45, 7) is 6.49. The van der Waals surface area contributed by atoms with Crippen LogP contribution in [-0.4, -0.2) is 30.5 Å². The second kappa shape index (κ2) is 7.01. The van der Waals surface area contributed by atoms with Gasteiger partial charge < -0.3 is 10.6 Å². The molecule has 0 radical (unpaired) electrons. The zero-order valence-electron chi connectivity index (χ0n) is 12.1. The van der Waals surface area contributed by atoms with Crippen LogP contribution in [0.5, 0.6) is 0 Å². The molecule has 106 valence electrons. The first-order valence-corrected chi connectivity index (χ1v) is 7.07. The van der Waals surface area contributed by atoms with E-state index in [1.165, 1.54) is 0 Å². The maximum absolute atomic E-state index is 12.2. The normalized spacial score (nSPS) is 10.7. The predicted octanol–water partition coefficient (Wildman–Crippen LogP) is 2.27. The lowest BCUT2D eigenvalue weighted by Crippen LogP contribution is -2.32. The van der Waals surface area contributed by atoms with Gasteiger partial charge in [-0.1, -0.05) is 25.1 Å². The van der Waals surface area contributed by atoms with Gasteiger partial charge in [0.05, 0.1) is 11.1 Å². The topological polar surface area (TPSA) is 54.0 Å². The Morgan fingerprint density at radius 3 is 2.80 bits per heavy atom. The number of para-hydroxylation sites is 1. The van der Waals surface area contributed by atoms with Crippen LogP contribution in [-0.2, 0) is 0 Å². The number of hydrogen-bond donors (Lipinski definition) is 2. The average Bonchev–Trinajstić information content (AvgIpc) is 2.47. The molecule has 0 unspecified atom stereocenters. The molecule has 0 saturated heterocycles. The van der Waals surface area contributed by atoms with Crippen molar-refractivity contribution in [3.8, 4) is 0 Å². The van der Waals surface area contributed by atoms with Gasteiger partial charge in [0, 0.05) is 24.7 Å². The Morgan fingerprint density at radius 2 is 2.00 bits per heavy atom. The van der Waals surface area contributed by atoms with E-state index in [2.05, 4.69) is 22.5 Å². The second-order valence-corrected chi connectivity index (χ2v) is 4.82. The van der Waals surface area contributed by atoms with Crippen molar-refractivity contribution in [2.45, 2.75) is 20.3 Å². The number of amides is 1. The van der Waals surface area contributed by atoms with Crippen LogP contribution in [0.15, 0.2) is 30.5 Å². The van der Waals surface area contributed by atoms with Gasteiger partial charge in [-0.05, 0) is 31.5 Å². The highest BCUT2D eigenvalue weighted by Crippen LogP contribution is 2.19. The summed E-state index contributed by atoms with van der Waals surface area (Å²) in [6.07, 6.45) is 2.76. The fourth-order valence-corrected chi connectivity index (χ4v) is 2.17. The fraction of sp³-hybridized carbons (Fsp3) is 0.375. The Morgan fingerprint density at radius 1 is 1.20 bits per heavy atom. The number of pyridine rings is 1. The lowest BCUT2D eigenvalue weighted by atomic mass is 10.0. The summed E-state index contributed by atoms with van der Waals surface area (Å²) in [5, 5.41) is 7.21. The Hall–Kier alpha value is -1.94. The quantitative estimate of drug-likeness (QED) is 0.792. The van der Waals surface area contributed by atoms with E-state index in [1.807, 2.05) is 31.2 Å². The molecule has 1 aromatic carbocycles. The summed E-state index contributed by atoms with van der Waals surface area (Å²) in [6, 6.07) is 7.87. The van der Waals surface area contributed by atoms with Crippen LogP contribution < -0.4 is 10.6 Å². The van der Waals surface area contributed by atoms with Crippen LogP contribution in [0.3, 0.4) is 0 Å². The van der Waals surface area contributed by atoms with E-state index in [-0.39, 0.29) is 5.91 Å². The molecule has 0 aliphatic rings. The molecule has 0 fully saturated rings. The lowest BCUT2D eigenvalue weighted by Gasteiger charge is -2.10. The smallest absolute Gasteiger partial charge is 0.253 e. The number of hydrogen-bond acceptors (Lipinski definition) is 3. The van der Waals surface area contributed by atoms with Crippen LogP contribution >= 0.6 is 0 Å². The van der Waals surface area contributed by atoms with Gasteiger partial charge in [-0.2, -0.15) is 0 Å². The van der Waals surface area contributed by atoms with Crippen molar-refractivity contribution in [1.82, 2.24) is 15.6 Å². The van der Waals surface area contributed by atoms with Crippen LogP contribution in [0.2, 0.25) is 0 Å². The summed E-state index contributed by atoms with van der Waals surface area (Å²) < 4.78 is 0. The number of aromatic nitrogens is 1. The summed E-state index contributed by atoms with van der Waals surface area (Å²) in [5.41, 5.74) is 2.56. The molecular weight excluding hydrogens is 250 g/mol. The van der Waals surface area contributed by atoms with Gasteiger partial charge in [0.1, 0.15) is 0 Å². The summed E-state index contributed by atoms with van der Waals surface area (Å²) in [5.74, 6) is -0.0564. The third kappa shape index (κ3) is 3.33. The number of nitrogens with zero attached hydrogens (tertiary/aromatic N) is 1. The number of rotatable bonds is 6. The second-order valence-electron chi connectivity index (χ2n) is 4.82. The van der Waals surface area contributed by atoms with E-state index < -0.39 is 0 Å². The van der Waals surface area contributed by atoms with Crippen molar-refractivity contribution >= 4 is 16.8 Å². The number of benzene rings is 1. The number of nitrogens with one attached hydrogen (secondary N) is 2. The average molecular weight is 271 g/mol.